The Labute approximate surface area is 147 Å². The molecule has 130 valence electrons. The van der Waals surface area contributed by atoms with E-state index in [2.05, 4.69) is 22.8 Å². The van der Waals surface area contributed by atoms with Crippen molar-refractivity contribution in [1.82, 2.24) is 5.32 Å². The number of amides is 2. The number of hydrogen-bond acceptors (Lipinski definition) is 3. The second-order valence-electron chi connectivity index (χ2n) is 6.24. The minimum absolute atomic E-state index is 0.0183. The Morgan fingerprint density at radius 1 is 1.20 bits per heavy atom. The molecule has 0 saturated heterocycles. The lowest BCUT2D eigenvalue weighted by Crippen LogP contribution is -2.41. The van der Waals surface area contributed by atoms with Gasteiger partial charge in [0.25, 0.3) is 5.91 Å². The van der Waals surface area contributed by atoms with Crippen LogP contribution in [0, 0.1) is 6.92 Å². The van der Waals surface area contributed by atoms with E-state index in [-0.39, 0.29) is 18.2 Å². The molecular formula is C20H22N2O3. The highest BCUT2D eigenvalue weighted by atomic mass is 16.5. The van der Waals surface area contributed by atoms with Gasteiger partial charge in [-0.2, -0.15) is 0 Å². The fraction of sp³-hybridized carbons (Fsp3) is 0.300. The lowest BCUT2D eigenvalue weighted by Gasteiger charge is -2.25. The van der Waals surface area contributed by atoms with Gasteiger partial charge in [-0.1, -0.05) is 36.4 Å². The monoisotopic (exact) mass is 338 g/mol. The third kappa shape index (κ3) is 4.59. The number of rotatable bonds is 6. The molecule has 1 atom stereocenters. The standard InChI is InChI=1S/C20H22N2O3/c1-14-9-10-17-16(12-14)22-20(24)18(25-17)13-19(23)21-11-5-8-15-6-3-2-4-7-15/h2-4,6-7,9-10,12,18H,5,8,11,13H2,1H3,(H,21,23)(H,22,24). The van der Waals surface area contributed by atoms with Crippen molar-refractivity contribution in [2.75, 3.05) is 11.9 Å². The van der Waals surface area contributed by atoms with E-state index in [1.165, 1.54) is 5.56 Å². The van der Waals surface area contributed by atoms with Crippen LogP contribution in [-0.2, 0) is 16.0 Å². The minimum Gasteiger partial charge on any atom is -0.478 e. The summed E-state index contributed by atoms with van der Waals surface area (Å²) in [6, 6.07) is 15.7. The number of carbonyl (C=O) groups excluding carboxylic acids is 2. The molecule has 1 aliphatic rings. The van der Waals surface area contributed by atoms with Gasteiger partial charge in [-0.3, -0.25) is 9.59 Å². The van der Waals surface area contributed by atoms with Crippen LogP contribution in [0.5, 0.6) is 5.75 Å². The van der Waals surface area contributed by atoms with Crippen molar-refractivity contribution in [3.63, 3.8) is 0 Å². The smallest absolute Gasteiger partial charge is 0.266 e. The summed E-state index contributed by atoms with van der Waals surface area (Å²) in [5.74, 6) is 0.147. The van der Waals surface area contributed by atoms with E-state index in [0.717, 1.165) is 18.4 Å². The second kappa shape index (κ2) is 7.83. The predicted molar refractivity (Wildman–Crippen MR) is 96.6 cm³/mol. The molecule has 1 heterocycles. The summed E-state index contributed by atoms with van der Waals surface area (Å²) < 4.78 is 5.67. The Morgan fingerprint density at radius 2 is 2.00 bits per heavy atom. The molecule has 0 saturated carbocycles. The molecule has 0 spiro atoms. The van der Waals surface area contributed by atoms with Crippen LogP contribution in [0.25, 0.3) is 0 Å². The van der Waals surface area contributed by atoms with Crippen molar-refractivity contribution in [2.24, 2.45) is 0 Å². The topological polar surface area (TPSA) is 67.4 Å². The highest BCUT2D eigenvalue weighted by Gasteiger charge is 2.29. The predicted octanol–water partition coefficient (Wildman–Crippen LogP) is 2.83. The fourth-order valence-electron chi connectivity index (χ4n) is 2.80. The number of benzene rings is 2. The van der Waals surface area contributed by atoms with Crippen LogP contribution in [-0.4, -0.2) is 24.5 Å². The van der Waals surface area contributed by atoms with E-state index in [1.807, 2.05) is 43.3 Å². The van der Waals surface area contributed by atoms with Crippen LogP contribution >= 0.6 is 0 Å². The van der Waals surface area contributed by atoms with Gasteiger partial charge in [0.15, 0.2) is 6.10 Å². The molecule has 0 radical (unpaired) electrons. The van der Waals surface area contributed by atoms with Gasteiger partial charge in [-0.05, 0) is 43.0 Å². The van der Waals surface area contributed by atoms with Crippen LogP contribution in [0.1, 0.15) is 24.0 Å². The van der Waals surface area contributed by atoms with Gasteiger partial charge in [0.1, 0.15) is 5.75 Å². The highest BCUT2D eigenvalue weighted by molar-refractivity contribution is 6.00. The molecule has 1 unspecified atom stereocenters. The maximum absolute atomic E-state index is 12.1. The van der Waals surface area contributed by atoms with Gasteiger partial charge in [0.2, 0.25) is 5.91 Å². The van der Waals surface area contributed by atoms with Gasteiger partial charge >= 0.3 is 0 Å². The third-order valence-electron chi connectivity index (χ3n) is 4.13. The zero-order chi connectivity index (χ0) is 17.6. The number of nitrogens with one attached hydrogen (secondary N) is 2. The van der Waals surface area contributed by atoms with E-state index >= 15 is 0 Å². The van der Waals surface area contributed by atoms with Crippen molar-refractivity contribution < 1.29 is 14.3 Å². The Hall–Kier alpha value is -2.82. The summed E-state index contributed by atoms with van der Waals surface area (Å²) in [5, 5.41) is 5.66. The second-order valence-corrected chi connectivity index (χ2v) is 6.24. The quantitative estimate of drug-likeness (QED) is 0.796. The fourth-order valence-corrected chi connectivity index (χ4v) is 2.80. The number of ether oxygens (including phenoxy) is 1. The summed E-state index contributed by atoms with van der Waals surface area (Å²) in [6.45, 7) is 2.53. The maximum Gasteiger partial charge on any atom is 0.266 e. The van der Waals surface area contributed by atoms with Crippen LogP contribution in [0.4, 0.5) is 5.69 Å². The molecule has 0 fully saturated rings. The van der Waals surface area contributed by atoms with Gasteiger partial charge in [-0.25, -0.2) is 0 Å². The van der Waals surface area contributed by atoms with Crippen molar-refractivity contribution in [3.8, 4) is 5.75 Å². The summed E-state index contributed by atoms with van der Waals surface area (Å²) >= 11 is 0. The third-order valence-corrected chi connectivity index (χ3v) is 4.13. The Balaban J connectivity index is 1.45. The summed E-state index contributed by atoms with van der Waals surface area (Å²) in [6.07, 6.45) is 0.998. The van der Waals surface area contributed by atoms with Crippen molar-refractivity contribution >= 4 is 17.5 Å². The van der Waals surface area contributed by atoms with Crippen LogP contribution in [0.3, 0.4) is 0 Å². The molecule has 1 aliphatic heterocycles. The van der Waals surface area contributed by atoms with Crippen molar-refractivity contribution in [2.45, 2.75) is 32.3 Å². The number of anilines is 1. The summed E-state index contributed by atoms with van der Waals surface area (Å²) in [4.78, 5) is 24.2. The Morgan fingerprint density at radius 3 is 2.80 bits per heavy atom. The lowest BCUT2D eigenvalue weighted by atomic mass is 10.1. The summed E-state index contributed by atoms with van der Waals surface area (Å²) in [5.41, 5.74) is 2.94. The zero-order valence-corrected chi connectivity index (χ0v) is 14.2. The van der Waals surface area contributed by atoms with Gasteiger partial charge < -0.3 is 15.4 Å². The molecule has 5 nitrogen and oxygen atoms in total. The molecule has 0 aliphatic carbocycles. The zero-order valence-electron chi connectivity index (χ0n) is 14.2. The first-order valence-corrected chi connectivity index (χ1v) is 8.50. The molecule has 2 aromatic carbocycles. The van der Waals surface area contributed by atoms with E-state index in [4.69, 9.17) is 4.74 Å². The lowest BCUT2D eigenvalue weighted by molar-refractivity contribution is -0.130. The van der Waals surface area contributed by atoms with Crippen LogP contribution < -0.4 is 15.4 Å². The van der Waals surface area contributed by atoms with Crippen molar-refractivity contribution in [3.05, 3.63) is 59.7 Å². The van der Waals surface area contributed by atoms with Crippen LogP contribution in [0.2, 0.25) is 0 Å². The Bertz CT molecular complexity index is 759. The average Bonchev–Trinajstić information content (AvgIpc) is 2.60. The normalized spacial score (nSPS) is 15.7. The van der Waals surface area contributed by atoms with Gasteiger partial charge in [0, 0.05) is 6.54 Å². The molecule has 0 aromatic heterocycles. The molecule has 25 heavy (non-hydrogen) atoms. The van der Waals surface area contributed by atoms with Crippen molar-refractivity contribution in [1.29, 1.82) is 0 Å². The first-order chi connectivity index (χ1) is 12.1. The molecule has 0 bridgehead atoms. The molecule has 2 N–H and O–H groups in total. The highest BCUT2D eigenvalue weighted by Crippen LogP contribution is 2.30. The Kier molecular flexibility index (Phi) is 5.33. The number of fused-ring (bicyclic) bond motifs is 1. The van der Waals surface area contributed by atoms with E-state index in [0.29, 0.717) is 18.0 Å². The molecule has 2 aromatic rings. The number of aryl methyl sites for hydroxylation is 2. The van der Waals surface area contributed by atoms with E-state index in [9.17, 15) is 9.59 Å². The average molecular weight is 338 g/mol. The maximum atomic E-state index is 12.1. The molecule has 2 amide bonds. The van der Waals surface area contributed by atoms with Gasteiger partial charge in [-0.15, -0.1) is 0 Å². The first kappa shape index (κ1) is 17.0. The SMILES string of the molecule is Cc1ccc2c(c1)NC(=O)C(CC(=O)NCCCc1ccccc1)O2. The van der Waals surface area contributed by atoms with Gasteiger partial charge in [0.05, 0.1) is 12.1 Å². The molecule has 3 rings (SSSR count). The van der Waals surface area contributed by atoms with Crippen LogP contribution in [0.15, 0.2) is 48.5 Å². The van der Waals surface area contributed by atoms with E-state index in [1.54, 1.807) is 0 Å². The minimum atomic E-state index is -0.788. The molecule has 5 heteroatoms. The van der Waals surface area contributed by atoms with E-state index < -0.39 is 6.10 Å². The molecular weight excluding hydrogens is 316 g/mol. The summed E-state index contributed by atoms with van der Waals surface area (Å²) in [7, 11) is 0. The number of hydrogen-bond donors (Lipinski definition) is 2. The first-order valence-electron chi connectivity index (χ1n) is 8.50. The number of carbonyl (C=O) groups is 2. The largest absolute Gasteiger partial charge is 0.478 e.